The van der Waals surface area contributed by atoms with Crippen LogP contribution in [0.25, 0.3) is 0 Å². The maximum Gasteiger partial charge on any atom is 0.243 e. The van der Waals surface area contributed by atoms with Crippen LogP contribution in [0.1, 0.15) is 24.8 Å². The lowest BCUT2D eigenvalue weighted by atomic mass is 9.98. The van der Waals surface area contributed by atoms with E-state index in [-0.39, 0.29) is 23.3 Å². The predicted octanol–water partition coefficient (Wildman–Crippen LogP) is 3.83. The molecule has 9 heteroatoms. The molecule has 0 radical (unpaired) electrons. The molecular formula is C24H29ClFN3O3S. The number of halogens is 2. The molecule has 178 valence electrons. The minimum atomic E-state index is -3.75. The largest absolute Gasteiger partial charge is 0.371 e. The molecule has 2 aromatic rings. The number of anilines is 1. The van der Waals surface area contributed by atoms with Crippen molar-refractivity contribution in [1.82, 2.24) is 9.62 Å². The summed E-state index contributed by atoms with van der Waals surface area (Å²) in [4.78, 5) is 15.2. The molecule has 0 spiro atoms. The highest BCUT2D eigenvalue weighted by Crippen LogP contribution is 2.29. The first-order valence-electron chi connectivity index (χ1n) is 11.3. The first kappa shape index (κ1) is 24.0. The highest BCUT2D eigenvalue weighted by molar-refractivity contribution is 7.89. The second-order valence-corrected chi connectivity index (χ2v) is 11.3. The Morgan fingerprint density at radius 3 is 2.64 bits per heavy atom. The quantitative estimate of drug-likeness (QED) is 0.664. The molecule has 33 heavy (non-hydrogen) atoms. The van der Waals surface area contributed by atoms with E-state index in [1.165, 1.54) is 22.0 Å². The van der Waals surface area contributed by atoms with Crippen molar-refractivity contribution in [2.45, 2.75) is 31.1 Å². The number of benzene rings is 2. The number of nitrogens with one attached hydrogen (secondary N) is 1. The van der Waals surface area contributed by atoms with Crippen LogP contribution in [0.5, 0.6) is 0 Å². The number of carbonyl (C=O) groups is 1. The van der Waals surface area contributed by atoms with Gasteiger partial charge in [0.25, 0.3) is 0 Å². The summed E-state index contributed by atoms with van der Waals surface area (Å²) in [6.07, 6.45) is 2.24. The Morgan fingerprint density at radius 1 is 1.12 bits per heavy atom. The van der Waals surface area contributed by atoms with Crippen molar-refractivity contribution in [1.29, 1.82) is 0 Å². The van der Waals surface area contributed by atoms with E-state index in [4.69, 9.17) is 11.6 Å². The third-order valence-electron chi connectivity index (χ3n) is 6.57. The number of carbonyl (C=O) groups excluding carboxylic acids is 1. The Kier molecular flexibility index (Phi) is 7.26. The van der Waals surface area contributed by atoms with Crippen molar-refractivity contribution in [3.05, 3.63) is 58.9 Å². The molecule has 4 rings (SSSR count). The van der Waals surface area contributed by atoms with Crippen molar-refractivity contribution in [2.75, 3.05) is 37.6 Å². The van der Waals surface area contributed by atoms with Gasteiger partial charge in [-0.2, -0.15) is 4.31 Å². The monoisotopic (exact) mass is 493 g/mol. The first-order chi connectivity index (χ1) is 15.7. The van der Waals surface area contributed by atoms with Crippen molar-refractivity contribution in [2.24, 2.45) is 11.8 Å². The molecule has 0 aliphatic carbocycles. The van der Waals surface area contributed by atoms with E-state index >= 15 is 0 Å². The minimum Gasteiger partial charge on any atom is -0.371 e. The molecule has 2 fully saturated rings. The lowest BCUT2D eigenvalue weighted by molar-refractivity contribution is -0.126. The number of aryl methyl sites for hydroxylation is 1. The van der Waals surface area contributed by atoms with Crippen LogP contribution in [0.15, 0.2) is 47.4 Å². The van der Waals surface area contributed by atoms with Crippen LogP contribution in [-0.4, -0.2) is 51.4 Å². The maximum atomic E-state index is 13.2. The van der Waals surface area contributed by atoms with E-state index in [2.05, 4.69) is 17.1 Å². The van der Waals surface area contributed by atoms with Gasteiger partial charge in [0.2, 0.25) is 15.9 Å². The van der Waals surface area contributed by atoms with E-state index in [1.807, 2.05) is 18.2 Å². The molecule has 2 aliphatic heterocycles. The van der Waals surface area contributed by atoms with Gasteiger partial charge in [-0.3, -0.25) is 4.79 Å². The van der Waals surface area contributed by atoms with Gasteiger partial charge >= 0.3 is 0 Å². The Balaban J connectivity index is 1.32. The SMILES string of the molecule is Cc1ccc(Cl)cc1N1CCC(CNC(=O)C2CCCN(S(=O)(=O)c3ccc(F)cc3)C2)C1. The number of amides is 1. The van der Waals surface area contributed by atoms with Gasteiger partial charge in [-0.05, 0) is 74.1 Å². The molecule has 2 aromatic carbocycles. The van der Waals surface area contributed by atoms with Crippen LogP contribution in [-0.2, 0) is 14.8 Å². The molecule has 6 nitrogen and oxygen atoms in total. The molecule has 0 bridgehead atoms. The van der Waals surface area contributed by atoms with E-state index in [0.717, 1.165) is 37.3 Å². The van der Waals surface area contributed by atoms with Crippen LogP contribution in [0.3, 0.4) is 0 Å². The molecular weight excluding hydrogens is 465 g/mol. The summed E-state index contributed by atoms with van der Waals surface area (Å²) < 4.78 is 40.4. The highest BCUT2D eigenvalue weighted by Gasteiger charge is 2.34. The third-order valence-corrected chi connectivity index (χ3v) is 8.68. The first-order valence-corrected chi connectivity index (χ1v) is 13.1. The predicted molar refractivity (Wildman–Crippen MR) is 127 cm³/mol. The number of sulfonamides is 1. The molecule has 0 aromatic heterocycles. The van der Waals surface area contributed by atoms with Crippen LogP contribution in [0.2, 0.25) is 5.02 Å². The van der Waals surface area contributed by atoms with Gasteiger partial charge < -0.3 is 10.2 Å². The van der Waals surface area contributed by atoms with Crippen molar-refractivity contribution < 1.29 is 17.6 Å². The fourth-order valence-electron chi connectivity index (χ4n) is 4.66. The molecule has 0 saturated carbocycles. The second kappa shape index (κ2) is 9.99. The van der Waals surface area contributed by atoms with E-state index in [9.17, 15) is 17.6 Å². The fraction of sp³-hybridized carbons (Fsp3) is 0.458. The van der Waals surface area contributed by atoms with Crippen molar-refractivity contribution in [3.8, 4) is 0 Å². The third kappa shape index (κ3) is 5.50. The zero-order valence-corrected chi connectivity index (χ0v) is 20.2. The van der Waals surface area contributed by atoms with Crippen LogP contribution >= 0.6 is 11.6 Å². The van der Waals surface area contributed by atoms with Gasteiger partial charge in [-0.1, -0.05) is 17.7 Å². The molecule has 2 unspecified atom stereocenters. The van der Waals surface area contributed by atoms with Crippen molar-refractivity contribution in [3.63, 3.8) is 0 Å². The van der Waals surface area contributed by atoms with Gasteiger partial charge in [0.1, 0.15) is 5.82 Å². The van der Waals surface area contributed by atoms with E-state index < -0.39 is 15.8 Å². The van der Waals surface area contributed by atoms with Gasteiger partial charge in [0.05, 0.1) is 10.8 Å². The number of rotatable bonds is 6. The average molecular weight is 494 g/mol. The average Bonchev–Trinajstić information content (AvgIpc) is 3.28. The lowest BCUT2D eigenvalue weighted by Crippen LogP contribution is -2.46. The summed E-state index contributed by atoms with van der Waals surface area (Å²) in [6.45, 7) is 4.89. The summed E-state index contributed by atoms with van der Waals surface area (Å²) >= 11 is 6.16. The number of hydrogen-bond acceptors (Lipinski definition) is 4. The minimum absolute atomic E-state index is 0.0484. The zero-order chi connectivity index (χ0) is 23.6. The smallest absolute Gasteiger partial charge is 0.243 e. The summed E-state index contributed by atoms with van der Waals surface area (Å²) in [5.41, 5.74) is 2.30. The second-order valence-electron chi connectivity index (χ2n) is 8.93. The summed E-state index contributed by atoms with van der Waals surface area (Å²) in [7, 11) is -3.75. The van der Waals surface area contributed by atoms with Crippen LogP contribution in [0.4, 0.5) is 10.1 Å². The van der Waals surface area contributed by atoms with Gasteiger partial charge in [-0.15, -0.1) is 0 Å². The standard InChI is InChI=1S/C24H29ClFN3O3S/c1-17-4-5-20(25)13-23(17)28-12-10-18(15-28)14-27-24(30)19-3-2-11-29(16-19)33(31,32)22-8-6-21(26)7-9-22/h4-9,13,18-19H,2-3,10-12,14-16H2,1H3,(H,27,30). The fourth-order valence-corrected chi connectivity index (χ4v) is 6.35. The lowest BCUT2D eigenvalue weighted by Gasteiger charge is -2.31. The van der Waals surface area contributed by atoms with Gasteiger partial charge in [0.15, 0.2) is 0 Å². The normalized spacial score (nSPS) is 21.8. The van der Waals surface area contributed by atoms with Gasteiger partial charge in [0, 0.05) is 43.4 Å². The Morgan fingerprint density at radius 2 is 1.88 bits per heavy atom. The molecule has 2 atom stereocenters. The molecule has 1 N–H and O–H groups in total. The number of piperidine rings is 1. The summed E-state index contributed by atoms with van der Waals surface area (Å²) in [5, 5.41) is 3.76. The zero-order valence-electron chi connectivity index (χ0n) is 18.6. The molecule has 2 aliphatic rings. The van der Waals surface area contributed by atoms with E-state index in [0.29, 0.717) is 36.9 Å². The maximum absolute atomic E-state index is 13.2. The number of hydrogen-bond donors (Lipinski definition) is 1. The Hall–Kier alpha value is -2.16. The van der Waals surface area contributed by atoms with E-state index in [1.54, 1.807) is 0 Å². The molecule has 2 heterocycles. The summed E-state index contributed by atoms with van der Waals surface area (Å²) in [5.74, 6) is -0.649. The summed E-state index contributed by atoms with van der Waals surface area (Å²) in [6, 6.07) is 10.7. The molecule has 1 amide bonds. The van der Waals surface area contributed by atoms with Gasteiger partial charge in [-0.25, -0.2) is 12.8 Å². The highest BCUT2D eigenvalue weighted by atomic mass is 35.5. The number of nitrogens with zero attached hydrogens (tertiary/aromatic N) is 2. The van der Waals surface area contributed by atoms with Crippen LogP contribution < -0.4 is 10.2 Å². The van der Waals surface area contributed by atoms with Crippen molar-refractivity contribution >= 4 is 33.2 Å². The Bertz CT molecular complexity index is 1110. The molecule has 2 saturated heterocycles. The topological polar surface area (TPSA) is 69.7 Å². The Labute approximate surface area is 199 Å². The van der Waals surface area contributed by atoms with Crippen LogP contribution in [0, 0.1) is 24.6 Å².